The number of carboxylic acid groups (broad SMARTS) is 1. The zero-order valence-corrected chi connectivity index (χ0v) is 9.91. The van der Waals surface area contributed by atoms with Crippen LogP contribution in [0.5, 0.6) is 5.75 Å². The Morgan fingerprint density at radius 3 is 2.78 bits per heavy atom. The molecule has 0 aliphatic rings. The number of aryl methyl sites for hydroxylation is 1. The molecule has 0 aliphatic carbocycles. The molecule has 0 spiro atoms. The molecule has 0 saturated carbocycles. The second kappa shape index (κ2) is 5.31. The summed E-state index contributed by atoms with van der Waals surface area (Å²) in [5.74, 6) is -0.317. The highest BCUT2D eigenvalue weighted by molar-refractivity contribution is 5.86. The van der Waals surface area contributed by atoms with Gasteiger partial charge in [-0.2, -0.15) is 0 Å². The number of nitrogens with zero attached hydrogens (tertiary/aromatic N) is 3. The standard InChI is InChI=1S/C12H13N3O3/c1-15-10(11(12(16)17)13-14-15)7-8-18-9-5-3-2-4-6-9/h2-6H,7-8H2,1H3,(H,16,17). The van der Waals surface area contributed by atoms with E-state index in [0.29, 0.717) is 18.7 Å². The van der Waals surface area contributed by atoms with Crippen LogP contribution in [0.2, 0.25) is 0 Å². The zero-order valence-electron chi connectivity index (χ0n) is 9.91. The van der Waals surface area contributed by atoms with E-state index in [0.717, 1.165) is 5.75 Å². The second-order valence-corrected chi connectivity index (χ2v) is 3.73. The maximum atomic E-state index is 10.9. The number of rotatable bonds is 5. The summed E-state index contributed by atoms with van der Waals surface area (Å²) in [4.78, 5) is 10.9. The van der Waals surface area contributed by atoms with Crippen molar-refractivity contribution in [1.82, 2.24) is 15.0 Å². The first kappa shape index (κ1) is 12.1. The van der Waals surface area contributed by atoms with Crippen molar-refractivity contribution in [1.29, 1.82) is 0 Å². The van der Waals surface area contributed by atoms with Gasteiger partial charge in [-0.1, -0.05) is 23.4 Å². The first-order valence-electron chi connectivity index (χ1n) is 5.48. The smallest absolute Gasteiger partial charge is 0.358 e. The van der Waals surface area contributed by atoms with Crippen LogP contribution in [0.1, 0.15) is 16.2 Å². The quantitative estimate of drug-likeness (QED) is 0.857. The molecule has 0 amide bonds. The van der Waals surface area contributed by atoms with Gasteiger partial charge in [-0.25, -0.2) is 4.79 Å². The van der Waals surface area contributed by atoms with Gasteiger partial charge in [0.1, 0.15) is 5.75 Å². The molecule has 0 atom stereocenters. The summed E-state index contributed by atoms with van der Waals surface area (Å²) in [7, 11) is 1.66. The van der Waals surface area contributed by atoms with Crippen LogP contribution in [0.4, 0.5) is 0 Å². The van der Waals surface area contributed by atoms with Gasteiger partial charge in [0.15, 0.2) is 5.69 Å². The summed E-state index contributed by atoms with van der Waals surface area (Å²) in [5.41, 5.74) is 0.535. The second-order valence-electron chi connectivity index (χ2n) is 3.73. The van der Waals surface area contributed by atoms with E-state index < -0.39 is 5.97 Å². The number of para-hydroxylation sites is 1. The third-order valence-corrected chi connectivity index (χ3v) is 2.50. The molecule has 0 unspecified atom stereocenters. The Hall–Kier alpha value is -2.37. The summed E-state index contributed by atoms with van der Waals surface area (Å²) in [6.45, 7) is 0.380. The fraction of sp³-hybridized carbons (Fsp3) is 0.250. The fourth-order valence-electron chi connectivity index (χ4n) is 1.61. The third-order valence-electron chi connectivity index (χ3n) is 2.50. The van der Waals surface area contributed by atoms with Crippen LogP contribution in [0.3, 0.4) is 0 Å². The molecule has 0 fully saturated rings. The maximum Gasteiger partial charge on any atom is 0.358 e. The van der Waals surface area contributed by atoms with Crippen LogP contribution >= 0.6 is 0 Å². The number of aromatic carboxylic acids is 1. The van der Waals surface area contributed by atoms with Crippen LogP contribution in [0, 0.1) is 0 Å². The topological polar surface area (TPSA) is 77.2 Å². The van der Waals surface area contributed by atoms with E-state index in [4.69, 9.17) is 9.84 Å². The lowest BCUT2D eigenvalue weighted by Gasteiger charge is -2.06. The van der Waals surface area contributed by atoms with Gasteiger partial charge in [0.25, 0.3) is 0 Å². The molecule has 2 rings (SSSR count). The highest BCUT2D eigenvalue weighted by Gasteiger charge is 2.16. The molecule has 18 heavy (non-hydrogen) atoms. The molecule has 1 aromatic heterocycles. The number of benzene rings is 1. The average Bonchev–Trinajstić information content (AvgIpc) is 2.73. The Labute approximate surface area is 104 Å². The van der Waals surface area contributed by atoms with Crippen molar-refractivity contribution in [2.75, 3.05) is 6.61 Å². The number of ether oxygens (including phenoxy) is 1. The number of hydrogen-bond acceptors (Lipinski definition) is 4. The molecule has 0 radical (unpaired) electrons. The van der Waals surface area contributed by atoms with Gasteiger partial charge >= 0.3 is 5.97 Å². The van der Waals surface area contributed by atoms with Gasteiger partial charge in [-0.15, -0.1) is 5.10 Å². The molecule has 0 bridgehead atoms. The van der Waals surface area contributed by atoms with Crippen molar-refractivity contribution in [2.24, 2.45) is 7.05 Å². The number of carbonyl (C=O) groups is 1. The Morgan fingerprint density at radius 1 is 1.39 bits per heavy atom. The lowest BCUT2D eigenvalue weighted by molar-refractivity contribution is 0.0689. The number of aromatic nitrogens is 3. The maximum absolute atomic E-state index is 10.9. The zero-order chi connectivity index (χ0) is 13.0. The third kappa shape index (κ3) is 2.65. The molecule has 0 aliphatic heterocycles. The first-order valence-corrected chi connectivity index (χ1v) is 5.48. The Bertz CT molecular complexity index is 537. The van der Waals surface area contributed by atoms with E-state index in [-0.39, 0.29) is 5.69 Å². The predicted octanol–water partition coefficient (Wildman–Crippen LogP) is 1.13. The predicted molar refractivity (Wildman–Crippen MR) is 63.6 cm³/mol. The number of carboxylic acids is 1. The van der Waals surface area contributed by atoms with E-state index in [1.807, 2.05) is 30.3 Å². The van der Waals surface area contributed by atoms with E-state index in [1.54, 1.807) is 7.05 Å². The minimum absolute atomic E-state index is 0.0193. The molecule has 6 heteroatoms. The lowest BCUT2D eigenvalue weighted by atomic mass is 10.2. The highest BCUT2D eigenvalue weighted by Crippen LogP contribution is 2.10. The summed E-state index contributed by atoms with van der Waals surface area (Å²) >= 11 is 0. The summed E-state index contributed by atoms with van der Waals surface area (Å²) < 4.78 is 6.96. The van der Waals surface area contributed by atoms with Crippen LogP contribution < -0.4 is 4.74 Å². The highest BCUT2D eigenvalue weighted by atomic mass is 16.5. The largest absolute Gasteiger partial charge is 0.493 e. The van der Waals surface area contributed by atoms with Crippen molar-refractivity contribution >= 4 is 5.97 Å². The molecular formula is C12H13N3O3. The summed E-state index contributed by atoms with van der Waals surface area (Å²) in [6.07, 6.45) is 0.444. The van der Waals surface area contributed by atoms with Crippen molar-refractivity contribution < 1.29 is 14.6 Å². The van der Waals surface area contributed by atoms with E-state index in [9.17, 15) is 4.79 Å². The molecule has 94 valence electrons. The van der Waals surface area contributed by atoms with Gasteiger partial charge in [0.05, 0.1) is 12.3 Å². The molecule has 1 heterocycles. The molecule has 0 saturated heterocycles. The van der Waals surface area contributed by atoms with Gasteiger partial charge in [0.2, 0.25) is 0 Å². The van der Waals surface area contributed by atoms with Gasteiger partial charge in [-0.05, 0) is 12.1 Å². The minimum Gasteiger partial charge on any atom is -0.493 e. The fourth-order valence-corrected chi connectivity index (χ4v) is 1.61. The van der Waals surface area contributed by atoms with Crippen molar-refractivity contribution in [2.45, 2.75) is 6.42 Å². The average molecular weight is 247 g/mol. The molecule has 6 nitrogen and oxygen atoms in total. The Balaban J connectivity index is 1.98. The Kier molecular flexibility index (Phi) is 3.57. The van der Waals surface area contributed by atoms with Crippen molar-refractivity contribution in [3.05, 3.63) is 41.7 Å². The van der Waals surface area contributed by atoms with Crippen LogP contribution in [0.25, 0.3) is 0 Å². The van der Waals surface area contributed by atoms with Crippen LogP contribution in [0.15, 0.2) is 30.3 Å². The number of hydrogen-bond donors (Lipinski definition) is 1. The van der Waals surface area contributed by atoms with Crippen LogP contribution in [-0.4, -0.2) is 32.7 Å². The summed E-state index contributed by atoms with van der Waals surface area (Å²) in [6, 6.07) is 9.35. The minimum atomic E-state index is -1.07. The normalized spacial score (nSPS) is 10.3. The van der Waals surface area contributed by atoms with E-state index >= 15 is 0 Å². The lowest BCUT2D eigenvalue weighted by Crippen LogP contribution is -2.10. The van der Waals surface area contributed by atoms with E-state index in [2.05, 4.69) is 10.3 Å². The van der Waals surface area contributed by atoms with Gasteiger partial charge in [0, 0.05) is 13.5 Å². The van der Waals surface area contributed by atoms with Gasteiger partial charge in [-0.3, -0.25) is 4.68 Å². The summed E-state index contributed by atoms with van der Waals surface area (Å²) in [5, 5.41) is 16.2. The molecule has 2 aromatic rings. The van der Waals surface area contributed by atoms with Gasteiger partial charge < -0.3 is 9.84 Å². The molecular weight excluding hydrogens is 234 g/mol. The van der Waals surface area contributed by atoms with E-state index in [1.165, 1.54) is 4.68 Å². The first-order chi connectivity index (χ1) is 8.68. The monoisotopic (exact) mass is 247 g/mol. The van der Waals surface area contributed by atoms with Crippen molar-refractivity contribution in [3.63, 3.8) is 0 Å². The Morgan fingerprint density at radius 2 is 2.11 bits per heavy atom. The molecule has 1 N–H and O–H groups in total. The SMILES string of the molecule is Cn1nnc(C(=O)O)c1CCOc1ccccc1. The molecule has 1 aromatic carbocycles. The van der Waals surface area contributed by atoms with Crippen molar-refractivity contribution in [3.8, 4) is 5.75 Å². The van der Waals surface area contributed by atoms with Crippen LogP contribution in [-0.2, 0) is 13.5 Å².